The predicted octanol–water partition coefficient (Wildman–Crippen LogP) is 1.96. The van der Waals surface area contributed by atoms with Gasteiger partial charge in [0.2, 0.25) is 6.10 Å². The van der Waals surface area contributed by atoms with E-state index in [0.29, 0.717) is 13.0 Å². The first-order chi connectivity index (χ1) is 11.6. The number of anilines is 1. The lowest BCUT2D eigenvalue weighted by atomic mass is 10.0. The molecule has 0 bridgehead atoms. The van der Waals surface area contributed by atoms with Gasteiger partial charge >= 0.3 is 0 Å². The third-order valence-corrected chi connectivity index (χ3v) is 3.80. The molecule has 0 saturated heterocycles. The number of benzene rings is 1. The second kappa shape index (κ2) is 7.12. The Labute approximate surface area is 141 Å². The molecule has 6 heteroatoms. The molecule has 1 atom stereocenters. The van der Waals surface area contributed by atoms with Crippen LogP contribution in [0.1, 0.15) is 17.5 Å². The van der Waals surface area contributed by atoms with Crippen molar-refractivity contribution in [2.45, 2.75) is 19.1 Å². The normalized spacial score (nSPS) is 16.2. The highest BCUT2D eigenvalue weighted by molar-refractivity contribution is 6.04. The molecule has 1 aliphatic rings. The van der Waals surface area contributed by atoms with Crippen LogP contribution in [0.3, 0.4) is 0 Å². The van der Waals surface area contributed by atoms with Gasteiger partial charge in [0.1, 0.15) is 5.82 Å². The van der Waals surface area contributed by atoms with Gasteiger partial charge in [0, 0.05) is 33.3 Å². The fourth-order valence-electron chi connectivity index (χ4n) is 2.41. The number of nitrogens with zero attached hydrogens (tertiary/aromatic N) is 3. The summed E-state index contributed by atoms with van der Waals surface area (Å²) in [6.07, 6.45) is 1.67. The third kappa shape index (κ3) is 3.71. The monoisotopic (exact) mass is 324 g/mol. The van der Waals surface area contributed by atoms with Crippen LogP contribution in [-0.4, -0.2) is 36.8 Å². The smallest absolute Gasteiger partial charge is 0.264 e. The Morgan fingerprint density at radius 2 is 2.04 bits per heavy atom. The first kappa shape index (κ1) is 16.0. The Bertz CT molecular complexity index is 726. The number of hydrogen-bond acceptors (Lipinski definition) is 5. The van der Waals surface area contributed by atoms with Gasteiger partial charge in [0.25, 0.3) is 5.91 Å². The van der Waals surface area contributed by atoms with Crippen molar-refractivity contribution in [2.75, 3.05) is 19.0 Å². The molecule has 3 rings (SSSR count). The van der Waals surface area contributed by atoms with Crippen LogP contribution >= 0.6 is 0 Å². The van der Waals surface area contributed by atoms with Gasteiger partial charge < -0.3 is 15.1 Å². The number of carbonyl (C=O) groups excluding carboxylic acids is 1. The Hall–Kier alpha value is -2.89. The molecule has 1 aliphatic heterocycles. The van der Waals surface area contributed by atoms with Gasteiger partial charge in [-0.3, -0.25) is 4.79 Å². The topological polar surface area (TPSA) is 66.8 Å². The van der Waals surface area contributed by atoms with Gasteiger partial charge in [-0.1, -0.05) is 41.6 Å². The van der Waals surface area contributed by atoms with E-state index in [4.69, 9.17) is 4.84 Å². The minimum absolute atomic E-state index is 0.165. The summed E-state index contributed by atoms with van der Waals surface area (Å²) in [5.41, 5.74) is 2.72. The van der Waals surface area contributed by atoms with Crippen molar-refractivity contribution in [2.24, 2.45) is 5.16 Å². The molecule has 1 aromatic heterocycles. The third-order valence-electron chi connectivity index (χ3n) is 3.80. The van der Waals surface area contributed by atoms with Crippen LogP contribution in [0.5, 0.6) is 0 Å². The molecule has 0 radical (unpaired) electrons. The van der Waals surface area contributed by atoms with Gasteiger partial charge in [-0.2, -0.15) is 0 Å². The zero-order valence-electron chi connectivity index (χ0n) is 13.8. The molecule has 2 aromatic rings. The van der Waals surface area contributed by atoms with E-state index < -0.39 is 6.10 Å². The van der Waals surface area contributed by atoms with Crippen LogP contribution in [0.4, 0.5) is 5.82 Å². The number of rotatable bonds is 5. The molecule has 2 heterocycles. The molecular formula is C18H20N4O2. The second-order valence-electron chi connectivity index (χ2n) is 5.84. The number of aromatic nitrogens is 1. The molecule has 0 fully saturated rings. The average Bonchev–Trinajstić information content (AvgIpc) is 3.11. The van der Waals surface area contributed by atoms with Crippen LogP contribution in [0.25, 0.3) is 0 Å². The van der Waals surface area contributed by atoms with E-state index in [9.17, 15) is 4.79 Å². The Morgan fingerprint density at radius 3 is 2.71 bits per heavy atom. The zero-order valence-corrected chi connectivity index (χ0v) is 13.8. The van der Waals surface area contributed by atoms with Crippen molar-refractivity contribution in [3.63, 3.8) is 0 Å². The molecule has 124 valence electrons. The van der Waals surface area contributed by atoms with Crippen molar-refractivity contribution in [3.05, 3.63) is 59.8 Å². The summed E-state index contributed by atoms with van der Waals surface area (Å²) in [6.45, 7) is 0.417. The molecule has 0 spiro atoms. The van der Waals surface area contributed by atoms with Crippen LogP contribution in [-0.2, 0) is 16.2 Å². The fourth-order valence-corrected chi connectivity index (χ4v) is 2.41. The van der Waals surface area contributed by atoms with Gasteiger partial charge in [-0.15, -0.1) is 0 Å². The van der Waals surface area contributed by atoms with Crippen LogP contribution in [0, 0.1) is 0 Å². The van der Waals surface area contributed by atoms with Crippen molar-refractivity contribution in [1.29, 1.82) is 0 Å². The largest absolute Gasteiger partial charge is 0.382 e. The molecule has 1 aromatic carbocycles. The fraction of sp³-hybridized carbons (Fsp3) is 0.278. The predicted molar refractivity (Wildman–Crippen MR) is 92.9 cm³/mol. The van der Waals surface area contributed by atoms with E-state index in [1.807, 2.05) is 61.5 Å². The van der Waals surface area contributed by atoms with E-state index in [-0.39, 0.29) is 5.91 Å². The van der Waals surface area contributed by atoms with Crippen molar-refractivity contribution >= 4 is 17.4 Å². The van der Waals surface area contributed by atoms with Gasteiger partial charge in [0.05, 0.1) is 5.71 Å². The minimum atomic E-state index is -0.575. The van der Waals surface area contributed by atoms with E-state index >= 15 is 0 Å². The highest BCUT2D eigenvalue weighted by Crippen LogP contribution is 2.17. The van der Waals surface area contributed by atoms with Crippen LogP contribution in [0.15, 0.2) is 53.8 Å². The lowest BCUT2D eigenvalue weighted by Crippen LogP contribution is -2.34. The van der Waals surface area contributed by atoms with Crippen molar-refractivity contribution in [1.82, 2.24) is 10.3 Å². The van der Waals surface area contributed by atoms with Crippen molar-refractivity contribution in [3.8, 4) is 0 Å². The van der Waals surface area contributed by atoms with Crippen LogP contribution in [0.2, 0.25) is 0 Å². The molecule has 0 aliphatic carbocycles. The summed E-state index contributed by atoms with van der Waals surface area (Å²) >= 11 is 0. The maximum atomic E-state index is 12.2. The number of oxime groups is 1. The Morgan fingerprint density at radius 1 is 1.25 bits per heavy atom. The lowest BCUT2D eigenvalue weighted by molar-refractivity contribution is -0.131. The number of pyridine rings is 1. The van der Waals surface area contributed by atoms with Gasteiger partial charge in [0.15, 0.2) is 0 Å². The second-order valence-corrected chi connectivity index (χ2v) is 5.84. The molecule has 24 heavy (non-hydrogen) atoms. The van der Waals surface area contributed by atoms with E-state index in [1.54, 1.807) is 6.20 Å². The first-order valence-electron chi connectivity index (χ1n) is 7.81. The lowest BCUT2D eigenvalue weighted by Gasteiger charge is -2.12. The number of amides is 1. The summed E-state index contributed by atoms with van der Waals surface area (Å²) in [5, 5.41) is 6.90. The number of hydrogen-bond donors (Lipinski definition) is 1. The zero-order chi connectivity index (χ0) is 16.9. The highest BCUT2D eigenvalue weighted by atomic mass is 16.6. The molecule has 0 unspecified atom stereocenters. The van der Waals surface area contributed by atoms with Crippen molar-refractivity contribution < 1.29 is 9.63 Å². The van der Waals surface area contributed by atoms with Gasteiger partial charge in [-0.05, 0) is 17.2 Å². The summed E-state index contributed by atoms with van der Waals surface area (Å²) in [4.78, 5) is 23.8. The maximum Gasteiger partial charge on any atom is 0.264 e. The standard InChI is InChI=1S/C18H20N4O2/c1-22(2)17-9-8-13(11-19-17)12-20-18(23)16-10-15(21-24-16)14-6-4-3-5-7-14/h3-9,11,16H,10,12H2,1-2H3,(H,20,23)/t16-/m1/s1. The SMILES string of the molecule is CN(C)c1ccc(CNC(=O)[C@H]2CC(c3ccccc3)=NO2)cn1. The summed E-state index contributed by atoms with van der Waals surface area (Å²) in [7, 11) is 3.87. The quantitative estimate of drug-likeness (QED) is 0.913. The summed E-state index contributed by atoms with van der Waals surface area (Å²) < 4.78 is 0. The molecule has 1 amide bonds. The Balaban J connectivity index is 1.51. The molecule has 6 nitrogen and oxygen atoms in total. The molecule has 0 saturated carbocycles. The molecular weight excluding hydrogens is 304 g/mol. The number of carbonyl (C=O) groups is 1. The first-order valence-corrected chi connectivity index (χ1v) is 7.81. The Kier molecular flexibility index (Phi) is 4.74. The summed E-state index contributed by atoms with van der Waals surface area (Å²) in [6, 6.07) is 13.6. The van der Waals surface area contributed by atoms with E-state index in [2.05, 4.69) is 15.5 Å². The van der Waals surface area contributed by atoms with E-state index in [0.717, 1.165) is 22.7 Å². The average molecular weight is 324 g/mol. The summed E-state index contributed by atoms with van der Waals surface area (Å²) in [5.74, 6) is 0.714. The number of nitrogens with one attached hydrogen (secondary N) is 1. The minimum Gasteiger partial charge on any atom is -0.382 e. The van der Waals surface area contributed by atoms with E-state index in [1.165, 1.54) is 0 Å². The van der Waals surface area contributed by atoms with Crippen LogP contribution < -0.4 is 10.2 Å². The molecule has 1 N–H and O–H groups in total. The maximum absolute atomic E-state index is 12.2. The van der Waals surface area contributed by atoms with Gasteiger partial charge in [-0.25, -0.2) is 4.98 Å². The highest BCUT2D eigenvalue weighted by Gasteiger charge is 2.28.